The van der Waals surface area contributed by atoms with Crippen LogP contribution in [-0.4, -0.2) is 33.4 Å². The summed E-state index contributed by atoms with van der Waals surface area (Å²) in [6.45, 7) is 2.77. The summed E-state index contributed by atoms with van der Waals surface area (Å²) >= 11 is 0. The minimum Gasteiger partial charge on any atom is -0.338 e. The van der Waals surface area contributed by atoms with Crippen LogP contribution in [0.1, 0.15) is 38.4 Å². The second kappa shape index (κ2) is 8.14. The lowest BCUT2D eigenvalue weighted by atomic mass is 9.86. The van der Waals surface area contributed by atoms with Gasteiger partial charge >= 0.3 is 6.03 Å². The van der Waals surface area contributed by atoms with Crippen LogP contribution in [-0.2, 0) is 13.5 Å². The van der Waals surface area contributed by atoms with Crippen LogP contribution in [0.15, 0.2) is 30.3 Å². The number of hydrogen-bond donors (Lipinski definition) is 2. The molecule has 6 nitrogen and oxygen atoms in total. The predicted octanol–water partition coefficient (Wildman–Crippen LogP) is 2.90. The van der Waals surface area contributed by atoms with Crippen molar-refractivity contribution in [2.45, 2.75) is 45.1 Å². The first-order valence-electron chi connectivity index (χ1n) is 9.13. The minimum atomic E-state index is -0.0794. The molecule has 3 rings (SSSR count). The zero-order chi connectivity index (χ0) is 17.6. The highest BCUT2D eigenvalue weighted by Crippen LogP contribution is 2.23. The summed E-state index contributed by atoms with van der Waals surface area (Å²) in [4.78, 5) is 12.1. The highest BCUT2D eigenvalue weighted by Gasteiger charge is 2.22. The van der Waals surface area contributed by atoms with Crippen molar-refractivity contribution in [1.82, 2.24) is 25.4 Å². The molecule has 1 saturated carbocycles. The van der Waals surface area contributed by atoms with Gasteiger partial charge in [0.05, 0.1) is 0 Å². The minimum absolute atomic E-state index is 0.0794. The molecule has 0 aliphatic heterocycles. The Kier molecular flexibility index (Phi) is 5.68. The third kappa shape index (κ3) is 4.38. The Morgan fingerprint density at radius 3 is 2.72 bits per heavy atom. The van der Waals surface area contributed by atoms with Crippen LogP contribution in [0.3, 0.4) is 0 Å². The number of aromatic nitrogens is 3. The topological polar surface area (TPSA) is 71.8 Å². The van der Waals surface area contributed by atoms with Gasteiger partial charge in [-0.1, -0.05) is 50.1 Å². The van der Waals surface area contributed by atoms with Crippen LogP contribution in [0.5, 0.6) is 0 Å². The summed E-state index contributed by atoms with van der Waals surface area (Å²) in [5.74, 6) is 2.27. The monoisotopic (exact) mass is 341 g/mol. The fraction of sp³-hybridized carbons (Fsp3) is 0.526. The SMILES string of the molecule is CC1CCCCC1NC(=O)NCCc1nnc(-c2ccccc2)n1C. The average Bonchev–Trinajstić information content (AvgIpc) is 2.99. The molecule has 1 aromatic carbocycles. The molecule has 134 valence electrons. The fourth-order valence-electron chi connectivity index (χ4n) is 3.46. The van der Waals surface area contributed by atoms with Gasteiger partial charge < -0.3 is 15.2 Å². The summed E-state index contributed by atoms with van der Waals surface area (Å²) < 4.78 is 1.98. The van der Waals surface area contributed by atoms with Gasteiger partial charge in [0.15, 0.2) is 5.82 Å². The van der Waals surface area contributed by atoms with Gasteiger partial charge in [0.1, 0.15) is 5.82 Å². The Bertz CT molecular complexity index is 697. The second-order valence-electron chi connectivity index (χ2n) is 6.88. The molecule has 1 aromatic heterocycles. The molecule has 25 heavy (non-hydrogen) atoms. The van der Waals surface area contributed by atoms with E-state index in [1.165, 1.54) is 19.3 Å². The average molecular weight is 341 g/mol. The molecular weight excluding hydrogens is 314 g/mol. The largest absolute Gasteiger partial charge is 0.338 e. The number of urea groups is 1. The van der Waals surface area contributed by atoms with Crippen molar-refractivity contribution in [3.63, 3.8) is 0 Å². The van der Waals surface area contributed by atoms with Gasteiger partial charge in [-0.15, -0.1) is 10.2 Å². The number of hydrogen-bond acceptors (Lipinski definition) is 3. The van der Waals surface area contributed by atoms with E-state index in [1.54, 1.807) is 0 Å². The quantitative estimate of drug-likeness (QED) is 0.878. The van der Waals surface area contributed by atoms with E-state index in [0.29, 0.717) is 24.9 Å². The molecule has 1 aliphatic carbocycles. The van der Waals surface area contributed by atoms with E-state index in [4.69, 9.17) is 0 Å². The first kappa shape index (κ1) is 17.5. The molecule has 0 spiro atoms. The molecule has 2 amide bonds. The molecule has 0 bridgehead atoms. The van der Waals surface area contributed by atoms with E-state index < -0.39 is 0 Å². The number of rotatable bonds is 5. The third-order valence-electron chi connectivity index (χ3n) is 5.06. The standard InChI is InChI=1S/C19H27N5O/c1-14-8-6-7-11-16(14)21-19(25)20-13-12-17-22-23-18(24(17)2)15-9-4-3-5-10-15/h3-5,9-10,14,16H,6-8,11-13H2,1-2H3,(H2,20,21,25). The van der Waals surface area contributed by atoms with E-state index in [2.05, 4.69) is 27.8 Å². The van der Waals surface area contributed by atoms with Crippen LogP contribution in [0.25, 0.3) is 11.4 Å². The molecule has 6 heteroatoms. The Labute approximate surface area is 149 Å². The Morgan fingerprint density at radius 1 is 1.20 bits per heavy atom. The summed E-state index contributed by atoms with van der Waals surface area (Å²) in [6.07, 6.45) is 5.42. The zero-order valence-electron chi connectivity index (χ0n) is 15.0. The lowest BCUT2D eigenvalue weighted by Gasteiger charge is -2.29. The van der Waals surface area contributed by atoms with Crippen LogP contribution in [0.4, 0.5) is 4.79 Å². The lowest BCUT2D eigenvalue weighted by molar-refractivity contribution is 0.222. The number of nitrogens with one attached hydrogen (secondary N) is 2. The van der Waals surface area contributed by atoms with Gasteiger partial charge in [-0.25, -0.2) is 4.79 Å². The summed E-state index contributed by atoms with van der Waals surface area (Å²) in [5, 5.41) is 14.6. The van der Waals surface area contributed by atoms with Crippen molar-refractivity contribution in [3.05, 3.63) is 36.2 Å². The number of amides is 2. The maximum atomic E-state index is 12.1. The van der Waals surface area contributed by atoms with E-state index in [1.807, 2.05) is 41.9 Å². The van der Waals surface area contributed by atoms with Crippen molar-refractivity contribution in [1.29, 1.82) is 0 Å². The number of benzene rings is 1. The first-order chi connectivity index (χ1) is 12.1. The first-order valence-corrected chi connectivity index (χ1v) is 9.13. The molecule has 2 atom stereocenters. The maximum absolute atomic E-state index is 12.1. The number of carbonyl (C=O) groups excluding carboxylic acids is 1. The highest BCUT2D eigenvalue weighted by molar-refractivity contribution is 5.74. The summed E-state index contributed by atoms with van der Waals surface area (Å²) in [5.41, 5.74) is 1.04. The van der Waals surface area contributed by atoms with Gasteiger partial charge in [0.2, 0.25) is 0 Å². The Balaban J connectivity index is 1.49. The van der Waals surface area contributed by atoms with Crippen molar-refractivity contribution in [2.75, 3.05) is 6.54 Å². The van der Waals surface area contributed by atoms with Gasteiger partial charge in [0.25, 0.3) is 0 Å². The molecule has 1 heterocycles. The van der Waals surface area contributed by atoms with Gasteiger partial charge in [0, 0.05) is 31.6 Å². The van der Waals surface area contributed by atoms with E-state index in [9.17, 15) is 4.79 Å². The zero-order valence-corrected chi connectivity index (χ0v) is 15.0. The van der Waals surface area contributed by atoms with Gasteiger partial charge in [-0.05, 0) is 18.8 Å². The van der Waals surface area contributed by atoms with Crippen LogP contribution < -0.4 is 10.6 Å². The molecule has 2 N–H and O–H groups in total. The molecular formula is C19H27N5O. The van der Waals surface area contributed by atoms with Crippen molar-refractivity contribution < 1.29 is 4.79 Å². The van der Waals surface area contributed by atoms with Gasteiger partial charge in [-0.2, -0.15) is 0 Å². The molecule has 1 aliphatic rings. The maximum Gasteiger partial charge on any atom is 0.315 e. The highest BCUT2D eigenvalue weighted by atomic mass is 16.2. The van der Waals surface area contributed by atoms with Crippen molar-refractivity contribution in [2.24, 2.45) is 13.0 Å². The molecule has 1 fully saturated rings. The second-order valence-corrected chi connectivity index (χ2v) is 6.88. The van der Waals surface area contributed by atoms with E-state index in [-0.39, 0.29) is 6.03 Å². The third-order valence-corrected chi connectivity index (χ3v) is 5.06. The van der Waals surface area contributed by atoms with Crippen molar-refractivity contribution in [3.8, 4) is 11.4 Å². The number of carbonyl (C=O) groups is 1. The molecule has 0 saturated heterocycles. The normalized spacial score (nSPS) is 20.2. The van der Waals surface area contributed by atoms with E-state index in [0.717, 1.165) is 23.6 Å². The smallest absolute Gasteiger partial charge is 0.315 e. The Hall–Kier alpha value is -2.37. The lowest BCUT2D eigenvalue weighted by Crippen LogP contribution is -2.46. The molecule has 0 radical (unpaired) electrons. The van der Waals surface area contributed by atoms with Crippen molar-refractivity contribution >= 4 is 6.03 Å². The van der Waals surface area contributed by atoms with Crippen LogP contribution in [0, 0.1) is 5.92 Å². The Morgan fingerprint density at radius 2 is 1.96 bits per heavy atom. The summed E-state index contributed by atoms with van der Waals surface area (Å²) in [6, 6.07) is 10.2. The summed E-state index contributed by atoms with van der Waals surface area (Å²) in [7, 11) is 1.96. The van der Waals surface area contributed by atoms with Gasteiger partial charge in [-0.3, -0.25) is 0 Å². The van der Waals surface area contributed by atoms with E-state index >= 15 is 0 Å². The number of nitrogens with zero attached hydrogens (tertiary/aromatic N) is 3. The predicted molar refractivity (Wildman–Crippen MR) is 98.1 cm³/mol. The molecule has 2 unspecified atom stereocenters. The van der Waals surface area contributed by atoms with Crippen LogP contribution >= 0.6 is 0 Å². The molecule has 2 aromatic rings. The fourth-order valence-corrected chi connectivity index (χ4v) is 3.46. The van der Waals surface area contributed by atoms with Crippen LogP contribution in [0.2, 0.25) is 0 Å².